The van der Waals surface area contributed by atoms with Crippen LogP contribution >= 0.6 is 0 Å². The van der Waals surface area contributed by atoms with E-state index in [0.717, 1.165) is 18.4 Å². The first-order valence-electron chi connectivity index (χ1n) is 7.43. The first kappa shape index (κ1) is 14.7. The Bertz CT molecular complexity index is 686. The second-order valence-electron chi connectivity index (χ2n) is 5.61. The molecule has 0 bridgehead atoms. The second kappa shape index (κ2) is 6.26. The fourth-order valence-electron chi connectivity index (χ4n) is 3.05. The molecule has 4 heteroatoms. The summed E-state index contributed by atoms with van der Waals surface area (Å²) in [6.07, 6.45) is 1.90. The third-order valence-corrected chi connectivity index (χ3v) is 4.05. The maximum atomic E-state index is 13.4. The van der Waals surface area contributed by atoms with Crippen molar-refractivity contribution in [2.75, 3.05) is 6.54 Å². The summed E-state index contributed by atoms with van der Waals surface area (Å²) in [6, 6.07) is 12.4. The summed E-state index contributed by atoms with van der Waals surface area (Å²) in [4.78, 5) is 14.3. The molecule has 0 radical (unpaired) electrons. The van der Waals surface area contributed by atoms with Gasteiger partial charge in [0.1, 0.15) is 11.6 Å². The topological polar surface area (TPSA) is 20.3 Å². The number of hydrogen-bond donors (Lipinski definition) is 0. The van der Waals surface area contributed by atoms with Gasteiger partial charge >= 0.3 is 0 Å². The summed E-state index contributed by atoms with van der Waals surface area (Å²) < 4.78 is 26.6. The summed E-state index contributed by atoms with van der Waals surface area (Å²) in [5.41, 5.74) is 1.49. The maximum Gasteiger partial charge on any atom is 0.227 e. The molecule has 2 aromatic rings. The van der Waals surface area contributed by atoms with Crippen LogP contribution in [-0.4, -0.2) is 17.4 Å². The van der Waals surface area contributed by atoms with Gasteiger partial charge in [-0.05, 0) is 48.2 Å². The van der Waals surface area contributed by atoms with E-state index >= 15 is 0 Å². The lowest BCUT2D eigenvalue weighted by molar-refractivity contribution is -0.131. The molecular formula is C18H17F2NO. The number of amides is 1. The molecule has 2 aromatic carbocycles. The zero-order chi connectivity index (χ0) is 15.5. The van der Waals surface area contributed by atoms with Crippen molar-refractivity contribution < 1.29 is 13.6 Å². The number of hydrogen-bond acceptors (Lipinski definition) is 1. The van der Waals surface area contributed by atoms with Crippen molar-refractivity contribution >= 4 is 5.91 Å². The van der Waals surface area contributed by atoms with E-state index in [1.807, 2.05) is 6.07 Å². The van der Waals surface area contributed by atoms with Crippen molar-refractivity contribution in [2.24, 2.45) is 0 Å². The molecule has 22 heavy (non-hydrogen) atoms. The van der Waals surface area contributed by atoms with E-state index in [0.29, 0.717) is 12.1 Å². The van der Waals surface area contributed by atoms with Gasteiger partial charge in [0.2, 0.25) is 5.91 Å². The third-order valence-electron chi connectivity index (χ3n) is 4.05. The molecule has 0 saturated carbocycles. The van der Waals surface area contributed by atoms with E-state index in [1.54, 1.807) is 23.1 Å². The van der Waals surface area contributed by atoms with Crippen LogP contribution in [0.15, 0.2) is 48.5 Å². The number of nitrogens with zero attached hydrogens (tertiary/aromatic N) is 1. The van der Waals surface area contributed by atoms with E-state index in [4.69, 9.17) is 0 Å². The number of rotatable bonds is 3. The Labute approximate surface area is 128 Å². The Hall–Kier alpha value is -2.23. The van der Waals surface area contributed by atoms with E-state index in [-0.39, 0.29) is 30.0 Å². The third kappa shape index (κ3) is 3.16. The molecule has 1 aliphatic rings. The minimum atomic E-state index is -0.339. The number of carbonyl (C=O) groups is 1. The van der Waals surface area contributed by atoms with Gasteiger partial charge in [-0.25, -0.2) is 8.78 Å². The predicted molar refractivity (Wildman–Crippen MR) is 80.2 cm³/mol. The van der Waals surface area contributed by atoms with Crippen LogP contribution in [0.1, 0.15) is 30.0 Å². The molecule has 1 amide bonds. The molecule has 1 saturated heterocycles. The highest BCUT2D eigenvalue weighted by molar-refractivity contribution is 5.79. The van der Waals surface area contributed by atoms with E-state index in [1.165, 1.54) is 24.3 Å². The molecule has 2 nitrogen and oxygen atoms in total. The number of halogens is 2. The van der Waals surface area contributed by atoms with Crippen LogP contribution < -0.4 is 0 Å². The van der Waals surface area contributed by atoms with Gasteiger partial charge in [-0.2, -0.15) is 0 Å². The van der Waals surface area contributed by atoms with Crippen LogP contribution in [0.4, 0.5) is 8.78 Å². The highest BCUT2D eigenvalue weighted by Crippen LogP contribution is 2.32. The largest absolute Gasteiger partial charge is 0.335 e. The summed E-state index contributed by atoms with van der Waals surface area (Å²) in [7, 11) is 0. The van der Waals surface area contributed by atoms with E-state index < -0.39 is 0 Å². The second-order valence-corrected chi connectivity index (χ2v) is 5.61. The van der Waals surface area contributed by atoms with Crippen LogP contribution in [0.2, 0.25) is 0 Å². The molecule has 0 spiro atoms. The van der Waals surface area contributed by atoms with Gasteiger partial charge in [-0.15, -0.1) is 0 Å². The first-order chi connectivity index (χ1) is 10.6. The molecule has 1 atom stereocenters. The van der Waals surface area contributed by atoms with Gasteiger partial charge in [0.25, 0.3) is 0 Å². The average molecular weight is 301 g/mol. The summed E-state index contributed by atoms with van der Waals surface area (Å²) >= 11 is 0. The van der Waals surface area contributed by atoms with Gasteiger partial charge in [0.05, 0.1) is 12.5 Å². The summed E-state index contributed by atoms with van der Waals surface area (Å²) in [5, 5.41) is 0. The lowest BCUT2D eigenvalue weighted by atomic mass is 10.0. The molecule has 0 aliphatic carbocycles. The Morgan fingerprint density at radius 2 is 1.82 bits per heavy atom. The molecule has 0 unspecified atom stereocenters. The van der Waals surface area contributed by atoms with Crippen molar-refractivity contribution in [3.05, 3.63) is 71.3 Å². The molecule has 0 aromatic heterocycles. The van der Waals surface area contributed by atoms with Gasteiger partial charge in [0, 0.05) is 6.54 Å². The molecule has 114 valence electrons. The molecule has 1 aliphatic heterocycles. The average Bonchev–Trinajstić information content (AvgIpc) is 2.97. The minimum Gasteiger partial charge on any atom is -0.335 e. The van der Waals surface area contributed by atoms with Gasteiger partial charge in [-0.1, -0.05) is 24.3 Å². The first-order valence-corrected chi connectivity index (χ1v) is 7.43. The summed E-state index contributed by atoms with van der Waals surface area (Å²) in [5.74, 6) is -0.673. The van der Waals surface area contributed by atoms with Crippen molar-refractivity contribution in [2.45, 2.75) is 25.3 Å². The number of carbonyl (C=O) groups excluding carboxylic acids is 1. The van der Waals surface area contributed by atoms with Gasteiger partial charge < -0.3 is 4.90 Å². The van der Waals surface area contributed by atoms with Gasteiger partial charge in [0.15, 0.2) is 0 Å². The van der Waals surface area contributed by atoms with E-state index in [9.17, 15) is 13.6 Å². The van der Waals surface area contributed by atoms with E-state index in [2.05, 4.69) is 0 Å². The number of likely N-dealkylation sites (tertiary alicyclic amines) is 1. The van der Waals surface area contributed by atoms with Crippen molar-refractivity contribution in [3.63, 3.8) is 0 Å². The fourth-order valence-corrected chi connectivity index (χ4v) is 3.05. The smallest absolute Gasteiger partial charge is 0.227 e. The lowest BCUT2D eigenvalue weighted by Gasteiger charge is -2.25. The zero-order valence-corrected chi connectivity index (χ0v) is 12.1. The van der Waals surface area contributed by atoms with Crippen molar-refractivity contribution in [1.82, 2.24) is 4.90 Å². The van der Waals surface area contributed by atoms with Crippen molar-refractivity contribution in [1.29, 1.82) is 0 Å². The standard InChI is InChI=1S/C18H17F2NO/c19-15-6-1-4-13(10-15)11-18(22)21-9-3-8-17(21)14-5-2-7-16(20)12-14/h1-2,4-7,10,12,17H,3,8-9,11H2/t17-/m1/s1. The Morgan fingerprint density at radius 3 is 2.55 bits per heavy atom. The van der Waals surface area contributed by atoms with Crippen LogP contribution in [0.5, 0.6) is 0 Å². The Kier molecular flexibility index (Phi) is 4.18. The fraction of sp³-hybridized carbons (Fsp3) is 0.278. The molecular weight excluding hydrogens is 284 g/mol. The SMILES string of the molecule is O=C(Cc1cccc(F)c1)N1CCC[C@@H]1c1cccc(F)c1. The number of benzene rings is 2. The van der Waals surface area contributed by atoms with Crippen molar-refractivity contribution in [3.8, 4) is 0 Å². The molecule has 1 heterocycles. The minimum absolute atomic E-state index is 0.0441. The quantitative estimate of drug-likeness (QED) is 0.842. The molecule has 3 rings (SSSR count). The monoisotopic (exact) mass is 301 g/mol. The van der Waals surface area contributed by atoms with Gasteiger partial charge in [-0.3, -0.25) is 4.79 Å². The molecule has 1 fully saturated rings. The maximum absolute atomic E-state index is 13.4. The van der Waals surface area contributed by atoms with Crippen LogP contribution in [0.25, 0.3) is 0 Å². The lowest BCUT2D eigenvalue weighted by Crippen LogP contribution is -2.31. The Morgan fingerprint density at radius 1 is 1.09 bits per heavy atom. The predicted octanol–water partition coefficient (Wildman–Crippen LogP) is 3.87. The summed E-state index contributed by atoms with van der Waals surface area (Å²) in [6.45, 7) is 0.662. The highest BCUT2D eigenvalue weighted by atomic mass is 19.1. The highest BCUT2D eigenvalue weighted by Gasteiger charge is 2.29. The van der Waals surface area contributed by atoms with Crippen LogP contribution in [-0.2, 0) is 11.2 Å². The zero-order valence-electron chi connectivity index (χ0n) is 12.1. The Balaban J connectivity index is 1.76. The van der Waals surface area contributed by atoms with Crippen LogP contribution in [0.3, 0.4) is 0 Å². The van der Waals surface area contributed by atoms with Crippen LogP contribution in [0, 0.1) is 11.6 Å². The normalized spacial score (nSPS) is 17.7. The molecule has 0 N–H and O–H groups in total.